The van der Waals surface area contributed by atoms with Crippen molar-refractivity contribution in [3.63, 3.8) is 0 Å². The number of hydrogen-bond donors (Lipinski definition) is 1. The lowest BCUT2D eigenvalue weighted by Crippen LogP contribution is -2.54. The zero-order valence-corrected chi connectivity index (χ0v) is 14.4. The van der Waals surface area contributed by atoms with Gasteiger partial charge in [-0.3, -0.25) is 9.69 Å². The quantitative estimate of drug-likeness (QED) is 0.927. The number of aryl methyl sites for hydroxylation is 1. The van der Waals surface area contributed by atoms with Gasteiger partial charge in [0, 0.05) is 37.4 Å². The molecule has 0 spiro atoms. The molecule has 0 aromatic heterocycles. The summed E-state index contributed by atoms with van der Waals surface area (Å²) in [6.07, 6.45) is 4.83. The average molecular weight is 315 g/mol. The molecule has 1 unspecified atom stereocenters. The first-order valence-corrected chi connectivity index (χ1v) is 8.97. The van der Waals surface area contributed by atoms with Gasteiger partial charge in [0.25, 0.3) is 0 Å². The van der Waals surface area contributed by atoms with Gasteiger partial charge in [-0.2, -0.15) is 0 Å². The number of nitrogens with zero attached hydrogens (tertiary/aromatic N) is 2. The molecule has 1 saturated carbocycles. The number of hydrogen-bond acceptors (Lipinski definition) is 3. The van der Waals surface area contributed by atoms with Crippen LogP contribution in [0.25, 0.3) is 0 Å². The molecule has 1 aliphatic heterocycles. The molecule has 2 fully saturated rings. The molecule has 1 amide bonds. The Balaban J connectivity index is 1.49. The van der Waals surface area contributed by atoms with Gasteiger partial charge >= 0.3 is 0 Å². The molecular formula is C19H29N3O. The fourth-order valence-electron chi connectivity index (χ4n) is 3.84. The Hall–Kier alpha value is -1.55. The first kappa shape index (κ1) is 16.3. The third-order valence-electron chi connectivity index (χ3n) is 5.16. The zero-order chi connectivity index (χ0) is 16.2. The molecule has 4 heteroatoms. The van der Waals surface area contributed by atoms with Crippen molar-refractivity contribution in [3.8, 4) is 0 Å². The Morgan fingerprint density at radius 1 is 1.17 bits per heavy atom. The summed E-state index contributed by atoms with van der Waals surface area (Å²) in [5.41, 5.74) is 2.58. The first-order chi connectivity index (χ1) is 11.1. The highest BCUT2D eigenvalue weighted by Gasteiger charge is 2.26. The summed E-state index contributed by atoms with van der Waals surface area (Å²) < 4.78 is 0. The maximum atomic E-state index is 12.2. The van der Waals surface area contributed by atoms with Crippen LogP contribution < -0.4 is 10.2 Å². The predicted molar refractivity (Wildman–Crippen MR) is 94.8 cm³/mol. The summed E-state index contributed by atoms with van der Waals surface area (Å²) in [6.45, 7) is 7.81. The molecule has 1 aromatic carbocycles. The molecule has 1 aromatic rings. The Labute approximate surface area is 139 Å². The van der Waals surface area contributed by atoms with E-state index in [1.54, 1.807) is 0 Å². The summed E-state index contributed by atoms with van der Waals surface area (Å²) in [7, 11) is 0. The number of nitrogens with one attached hydrogen (secondary N) is 1. The SMILES string of the molecule is Cc1ccc(N2CCN(CC(=O)NC3CCCC3)CC2C)cc1. The van der Waals surface area contributed by atoms with Gasteiger partial charge in [-0.1, -0.05) is 30.5 Å². The molecule has 3 rings (SSSR count). The van der Waals surface area contributed by atoms with Gasteiger partial charge in [-0.15, -0.1) is 0 Å². The molecule has 2 aliphatic rings. The van der Waals surface area contributed by atoms with Crippen molar-refractivity contribution in [1.82, 2.24) is 10.2 Å². The molecule has 1 heterocycles. The van der Waals surface area contributed by atoms with Crippen molar-refractivity contribution >= 4 is 11.6 Å². The molecule has 0 bridgehead atoms. The van der Waals surface area contributed by atoms with Gasteiger partial charge < -0.3 is 10.2 Å². The average Bonchev–Trinajstić information content (AvgIpc) is 3.01. The lowest BCUT2D eigenvalue weighted by atomic mass is 10.1. The Morgan fingerprint density at radius 3 is 2.52 bits per heavy atom. The maximum absolute atomic E-state index is 12.2. The van der Waals surface area contributed by atoms with Crippen LogP contribution in [-0.2, 0) is 4.79 Å². The number of amides is 1. The van der Waals surface area contributed by atoms with E-state index < -0.39 is 0 Å². The Bertz CT molecular complexity index is 522. The predicted octanol–water partition coefficient (Wildman–Crippen LogP) is 2.56. The van der Waals surface area contributed by atoms with Crippen LogP contribution >= 0.6 is 0 Å². The standard InChI is InChI=1S/C19H29N3O/c1-15-7-9-18(10-8-15)22-12-11-21(13-16(22)2)14-19(23)20-17-5-3-4-6-17/h7-10,16-17H,3-6,11-14H2,1-2H3,(H,20,23). The molecule has 1 atom stereocenters. The molecule has 0 radical (unpaired) electrons. The number of rotatable bonds is 4. The molecular weight excluding hydrogens is 286 g/mol. The van der Waals surface area contributed by atoms with E-state index in [-0.39, 0.29) is 5.91 Å². The fourth-order valence-corrected chi connectivity index (χ4v) is 3.84. The van der Waals surface area contributed by atoms with Crippen LogP contribution in [-0.4, -0.2) is 49.1 Å². The number of anilines is 1. The highest BCUT2D eigenvalue weighted by atomic mass is 16.2. The van der Waals surface area contributed by atoms with Crippen molar-refractivity contribution in [3.05, 3.63) is 29.8 Å². The van der Waals surface area contributed by atoms with Crippen LogP contribution in [0.15, 0.2) is 24.3 Å². The van der Waals surface area contributed by atoms with Gasteiger partial charge in [-0.25, -0.2) is 0 Å². The molecule has 23 heavy (non-hydrogen) atoms. The lowest BCUT2D eigenvalue weighted by Gasteiger charge is -2.41. The molecule has 4 nitrogen and oxygen atoms in total. The van der Waals surface area contributed by atoms with Crippen molar-refractivity contribution in [2.75, 3.05) is 31.1 Å². The summed E-state index contributed by atoms with van der Waals surface area (Å²) in [5.74, 6) is 0.202. The smallest absolute Gasteiger partial charge is 0.234 e. The first-order valence-electron chi connectivity index (χ1n) is 8.97. The van der Waals surface area contributed by atoms with E-state index in [4.69, 9.17) is 0 Å². The molecule has 1 N–H and O–H groups in total. The van der Waals surface area contributed by atoms with Crippen LogP contribution in [0.1, 0.15) is 38.2 Å². The summed E-state index contributed by atoms with van der Waals surface area (Å²) in [5, 5.41) is 3.20. The lowest BCUT2D eigenvalue weighted by molar-refractivity contribution is -0.123. The molecule has 1 saturated heterocycles. The van der Waals surface area contributed by atoms with E-state index in [1.165, 1.54) is 24.1 Å². The van der Waals surface area contributed by atoms with E-state index in [1.807, 2.05) is 0 Å². The van der Waals surface area contributed by atoms with Crippen molar-refractivity contribution < 1.29 is 4.79 Å². The van der Waals surface area contributed by atoms with Crippen molar-refractivity contribution in [2.24, 2.45) is 0 Å². The second kappa shape index (κ2) is 7.35. The van der Waals surface area contributed by atoms with Crippen LogP contribution in [0.3, 0.4) is 0 Å². The highest BCUT2D eigenvalue weighted by molar-refractivity contribution is 5.78. The minimum atomic E-state index is 0.202. The number of piperazine rings is 1. The van der Waals surface area contributed by atoms with Gasteiger partial charge in [0.15, 0.2) is 0 Å². The summed E-state index contributed by atoms with van der Waals surface area (Å²) >= 11 is 0. The van der Waals surface area contributed by atoms with Crippen molar-refractivity contribution in [2.45, 2.75) is 51.6 Å². The van der Waals surface area contributed by atoms with Gasteiger partial charge in [-0.05, 0) is 38.8 Å². The van der Waals surface area contributed by atoms with Crippen molar-refractivity contribution in [1.29, 1.82) is 0 Å². The van der Waals surface area contributed by atoms with Crippen LogP contribution in [0.2, 0.25) is 0 Å². The van der Waals surface area contributed by atoms with Gasteiger partial charge in [0.2, 0.25) is 5.91 Å². The Kier molecular flexibility index (Phi) is 5.21. The minimum absolute atomic E-state index is 0.202. The normalized spacial score (nSPS) is 23.2. The topological polar surface area (TPSA) is 35.6 Å². The third-order valence-corrected chi connectivity index (χ3v) is 5.16. The van der Waals surface area contributed by atoms with E-state index in [9.17, 15) is 4.79 Å². The highest BCUT2D eigenvalue weighted by Crippen LogP contribution is 2.21. The van der Waals surface area contributed by atoms with E-state index in [0.29, 0.717) is 18.6 Å². The van der Waals surface area contributed by atoms with Gasteiger partial charge in [0.05, 0.1) is 6.54 Å². The minimum Gasteiger partial charge on any atom is -0.366 e. The summed E-state index contributed by atoms with van der Waals surface area (Å²) in [4.78, 5) is 16.9. The van der Waals surface area contributed by atoms with E-state index in [2.05, 4.69) is 53.2 Å². The molecule has 126 valence electrons. The monoisotopic (exact) mass is 315 g/mol. The largest absolute Gasteiger partial charge is 0.366 e. The molecule has 1 aliphatic carbocycles. The van der Waals surface area contributed by atoms with Crippen LogP contribution in [0, 0.1) is 6.92 Å². The number of carbonyl (C=O) groups is 1. The second-order valence-corrected chi connectivity index (χ2v) is 7.16. The van der Waals surface area contributed by atoms with E-state index >= 15 is 0 Å². The maximum Gasteiger partial charge on any atom is 0.234 e. The summed E-state index contributed by atoms with van der Waals surface area (Å²) in [6, 6.07) is 9.61. The second-order valence-electron chi connectivity index (χ2n) is 7.16. The van der Waals surface area contributed by atoms with Crippen LogP contribution in [0.4, 0.5) is 5.69 Å². The Morgan fingerprint density at radius 2 is 1.87 bits per heavy atom. The third kappa shape index (κ3) is 4.25. The number of benzene rings is 1. The number of carbonyl (C=O) groups excluding carboxylic acids is 1. The van der Waals surface area contributed by atoms with Crippen LogP contribution in [0.5, 0.6) is 0 Å². The van der Waals surface area contributed by atoms with E-state index in [0.717, 1.165) is 32.5 Å². The zero-order valence-electron chi connectivity index (χ0n) is 14.4. The van der Waals surface area contributed by atoms with Gasteiger partial charge in [0.1, 0.15) is 0 Å². The fraction of sp³-hybridized carbons (Fsp3) is 0.632.